The molecule has 38 heavy (non-hydrogen) atoms. The van der Waals surface area contributed by atoms with Crippen LogP contribution in [0.2, 0.25) is 0 Å². The number of nitrogens with zero attached hydrogens (tertiary/aromatic N) is 1. The number of aliphatic hydroxyl groups is 1. The normalized spacial score (nSPS) is 18.1. The minimum atomic E-state index is -5.89. The first kappa shape index (κ1) is 28.6. The Labute approximate surface area is 218 Å². The fourth-order valence-corrected chi connectivity index (χ4v) is 5.23. The molecule has 1 saturated carbocycles. The molecule has 3 nitrogen and oxygen atoms in total. The second-order valence-electron chi connectivity index (χ2n) is 10.8. The molecule has 9 heteroatoms. The predicted molar refractivity (Wildman–Crippen MR) is 131 cm³/mol. The van der Waals surface area contributed by atoms with E-state index >= 15 is 0 Å². The molecule has 0 aromatic heterocycles. The van der Waals surface area contributed by atoms with E-state index in [0.717, 1.165) is 50.3 Å². The molecule has 1 heterocycles. The van der Waals surface area contributed by atoms with E-state index in [4.69, 9.17) is 0 Å². The summed E-state index contributed by atoms with van der Waals surface area (Å²) in [5, 5.41) is 9.55. The first-order valence-corrected chi connectivity index (χ1v) is 13.1. The highest BCUT2D eigenvalue weighted by Gasteiger charge is 2.71. The molecule has 1 N–H and O–H groups in total. The molecule has 2 aromatic rings. The summed E-state index contributed by atoms with van der Waals surface area (Å²) >= 11 is 0. The minimum absolute atomic E-state index is 0.289. The van der Waals surface area contributed by atoms with Crippen LogP contribution in [-0.4, -0.2) is 41.2 Å². The molecule has 1 aliphatic carbocycles. The van der Waals surface area contributed by atoms with Gasteiger partial charge in [-0.2, -0.15) is 26.3 Å². The van der Waals surface area contributed by atoms with Crippen molar-refractivity contribution in [3.05, 3.63) is 70.8 Å². The van der Waals surface area contributed by atoms with Crippen LogP contribution >= 0.6 is 0 Å². The Morgan fingerprint density at radius 3 is 2.00 bits per heavy atom. The van der Waals surface area contributed by atoms with E-state index in [2.05, 4.69) is 17.0 Å². The van der Waals surface area contributed by atoms with Crippen LogP contribution in [0, 0.1) is 11.8 Å². The van der Waals surface area contributed by atoms with E-state index in [9.17, 15) is 36.2 Å². The van der Waals surface area contributed by atoms with E-state index in [0.29, 0.717) is 43.0 Å². The maximum absolute atomic E-state index is 13.1. The van der Waals surface area contributed by atoms with Gasteiger partial charge in [0.2, 0.25) is 0 Å². The number of carbonyl (C=O) groups excluding carboxylic acids is 1. The fraction of sp³-hybridized carbons (Fsp3) is 0.552. The molecule has 1 aliphatic heterocycles. The van der Waals surface area contributed by atoms with Crippen molar-refractivity contribution >= 4 is 5.78 Å². The predicted octanol–water partition coefficient (Wildman–Crippen LogP) is 6.76. The second-order valence-corrected chi connectivity index (χ2v) is 10.8. The molecule has 4 rings (SSSR count). The van der Waals surface area contributed by atoms with Crippen LogP contribution in [0.1, 0.15) is 60.8 Å². The van der Waals surface area contributed by atoms with Crippen LogP contribution < -0.4 is 0 Å². The van der Waals surface area contributed by atoms with Gasteiger partial charge in [-0.1, -0.05) is 61.4 Å². The fourth-order valence-electron chi connectivity index (χ4n) is 5.23. The quantitative estimate of drug-likeness (QED) is 0.338. The summed E-state index contributed by atoms with van der Waals surface area (Å²) < 4.78 is 78.6. The molecule has 0 bridgehead atoms. The maximum atomic E-state index is 13.1. The van der Waals surface area contributed by atoms with Gasteiger partial charge in [0.1, 0.15) is 5.78 Å². The number of hydrogen-bond acceptors (Lipinski definition) is 3. The van der Waals surface area contributed by atoms with E-state index in [-0.39, 0.29) is 5.78 Å². The van der Waals surface area contributed by atoms with Crippen molar-refractivity contribution in [3.8, 4) is 0 Å². The van der Waals surface area contributed by atoms with Gasteiger partial charge in [0, 0.05) is 24.9 Å². The SMILES string of the molecule is O=C(CCC1CC1)Cc1cccc(CC2CCN(Cc3ccc(C(O)(C(F)(F)F)C(F)(F)F)cc3)CC2)c1. The van der Waals surface area contributed by atoms with E-state index in [1.807, 2.05) is 12.1 Å². The Morgan fingerprint density at radius 2 is 1.42 bits per heavy atom. The van der Waals surface area contributed by atoms with Crippen molar-refractivity contribution in [1.29, 1.82) is 0 Å². The molecular formula is C29H33F6NO2. The molecule has 0 unspecified atom stereocenters. The molecule has 2 fully saturated rings. The van der Waals surface area contributed by atoms with Crippen molar-refractivity contribution in [3.63, 3.8) is 0 Å². The number of piperidine rings is 1. The third-order valence-corrected chi connectivity index (χ3v) is 7.75. The van der Waals surface area contributed by atoms with Crippen LogP contribution in [0.5, 0.6) is 0 Å². The molecule has 0 radical (unpaired) electrons. The van der Waals surface area contributed by atoms with E-state index in [1.54, 1.807) is 0 Å². The Kier molecular flexibility index (Phi) is 8.57. The average molecular weight is 542 g/mol. The lowest BCUT2D eigenvalue weighted by Crippen LogP contribution is -2.53. The van der Waals surface area contributed by atoms with Crippen molar-refractivity contribution in [1.82, 2.24) is 4.90 Å². The van der Waals surface area contributed by atoms with Gasteiger partial charge in [0.05, 0.1) is 0 Å². The zero-order valence-electron chi connectivity index (χ0n) is 21.1. The second kappa shape index (κ2) is 11.4. The number of carbonyl (C=O) groups is 1. The van der Waals surface area contributed by atoms with Crippen molar-refractivity contribution in [2.45, 2.75) is 75.9 Å². The lowest BCUT2D eigenvalue weighted by atomic mass is 9.89. The summed E-state index contributed by atoms with van der Waals surface area (Å²) in [5.41, 5.74) is -3.32. The maximum Gasteiger partial charge on any atom is 0.430 e. The largest absolute Gasteiger partial charge is 0.430 e. The zero-order chi connectivity index (χ0) is 27.6. The smallest absolute Gasteiger partial charge is 0.369 e. The van der Waals surface area contributed by atoms with Gasteiger partial charge in [0.15, 0.2) is 0 Å². The zero-order valence-corrected chi connectivity index (χ0v) is 21.1. The Balaban J connectivity index is 1.27. The highest BCUT2D eigenvalue weighted by molar-refractivity contribution is 5.80. The number of alkyl halides is 6. The van der Waals surface area contributed by atoms with Gasteiger partial charge >= 0.3 is 12.4 Å². The summed E-state index contributed by atoms with van der Waals surface area (Å²) in [6.07, 6.45) is -4.40. The van der Waals surface area contributed by atoms with E-state index < -0.39 is 23.5 Å². The minimum Gasteiger partial charge on any atom is -0.369 e. The summed E-state index contributed by atoms with van der Waals surface area (Å²) in [7, 11) is 0. The number of likely N-dealkylation sites (tertiary alicyclic amines) is 1. The van der Waals surface area contributed by atoms with Crippen LogP contribution in [0.4, 0.5) is 26.3 Å². The lowest BCUT2D eigenvalue weighted by Gasteiger charge is -2.33. The number of rotatable bonds is 10. The molecule has 0 atom stereocenters. The number of benzene rings is 2. The summed E-state index contributed by atoms with van der Waals surface area (Å²) in [6.45, 7) is 1.93. The molecule has 1 saturated heterocycles. The monoisotopic (exact) mass is 541 g/mol. The van der Waals surface area contributed by atoms with Gasteiger partial charge in [-0.25, -0.2) is 0 Å². The summed E-state index contributed by atoms with van der Waals surface area (Å²) in [4.78, 5) is 14.4. The van der Waals surface area contributed by atoms with Crippen LogP contribution in [0.25, 0.3) is 0 Å². The first-order valence-electron chi connectivity index (χ1n) is 13.1. The highest BCUT2D eigenvalue weighted by Crippen LogP contribution is 2.50. The number of Topliss-reactive ketones (excluding diaryl/α,β-unsaturated/α-hetero) is 1. The van der Waals surface area contributed by atoms with E-state index in [1.165, 1.54) is 30.5 Å². The van der Waals surface area contributed by atoms with Gasteiger partial charge < -0.3 is 5.11 Å². The van der Waals surface area contributed by atoms with Crippen LogP contribution in [-0.2, 0) is 29.8 Å². The third kappa shape index (κ3) is 6.97. The first-order chi connectivity index (χ1) is 17.8. The van der Waals surface area contributed by atoms with Crippen molar-refractivity contribution in [2.75, 3.05) is 13.1 Å². The standard InChI is InChI=1S/C29H33F6NO2/c30-28(31,32)27(38,29(33,34)35)25-9-6-22(7-10-25)19-36-14-12-21(13-15-36)16-23-2-1-3-24(17-23)18-26(37)11-8-20-4-5-20/h1-3,6-7,9-10,17,20-21,38H,4-5,8,11-16,18-19H2. The molecule has 0 spiro atoms. The number of ketones is 1. The Bertz CT molecular complexity index is 1070. The summed E-state index contributed by atoms with van der Waals surface area (Å²) in [5.74, 6) is 1.50. The number of halogens is 6. The Morgan fingerprint density at radius 1 is 0.816 bits per heavy atom. The highest BCUT2D eigenvalue weighted by atomic mass is 19.4. The van der Waals surface area contributed by atoms with Gasteiger partial charge in [0.25, 0.3) is 5.60 Å². The van der Waals surface area contributed by atoms with Gasteiger partial charge in [-0.15, -0.1) is 0 Å². The molecule has 0 amide bonds. The molecule has 208 valence electrons. The van der Waals surface area contributed by atoms with Gasteiger partial charge in [-0.05, 0) is 67.3 Å². The summed E-state index contributed by atoms with van der Waals surface area (Å²) in [6, 6.07) is 12.0. The van der Waals surface area contributed by atoms with Crippen LogP contribution in [0.15, 0.2) is 48.5 Å². The van der Waals surface area contributed by atoms with Crippen molar-refractivity contribution < 1.29 is 36.2 Å². The molecule has 2 aliphatic rings. The van der Waals surface area contributed by atoms with Crippen molar-refractivity contribution in [2.24, 2.45) is 11.8 Å². The topological polar surface area (TPSA) is 40.5 Å². The Hall–Kier alpha value is -2.39. The third-order valence-electron chi connectivity index (χ3n) is 7.75. The average Bonchev–Trinajstić information content (AvgIpc) is 3.68. The molecule has 2 aromatic carbocycles. The number of hydrogen-bond donors (Lipinski definition) is 1. The van der Waals surface area contributed by atoms with Gasteiger partial charge in [-0.3, -0.25) is 9.69 Å². The van der Waals surface area contributed by atoms with Crippen LogP contribution in [0.3, 0.4) is 0 Å². The molecular weight excluding hydrogens is 508 g/mol. The lowest BCUT2D eigenvalue weighted by molar-refractivity contribution is -0.376.